The molecule has 2 N–H and O–H groups in total. The molecular weight excluding hydrogens is 192 g/mol. The third kappa shape index (κ3) is 2.26. The van der Waals surface area contributed by atoms with Gasteiger partial charge in [-0.25, -0.2) is 0 Å². The summed E-state index contributed by atoms with van der Waals surface area (Å²) in [5, 5.41) is 2.88. The number of rotatable bonds is 2. The number of hydrogen-bond acceptors (Lipinski definition) is 2. The minimum Gasteiger partial charge on any atom is -0.367 e. The van der Waals surface area contributed by atoms with Crippen LogP contribution in [0.1, 0.15) is 36.0 Å². The minimum absolute atomic E-state index is 0.199. The van der Waals surface area contributed by atoms with Crippen LogP contribution in [0.4, 0.5) is 0 Å². The highest BCUT2D eigenvalue weighted by molar-refractivity contribution is 5.93. The monoisotopic (exact) mass is 206 g/mol. The molecule has 1 aromatic heterocycles. The largest absolute Gasteiger partial charge is 0.367 e. The fraction of sp³-hybridized carbons (Fsp3) is 0.455. The van der Waals surface area contributed by atoms with E-state index in [2.05, 4.69) is 10.3 Å². The second-order valence-electron chi connectivity index (χ2n) is 3.88. The molecule has 1 aliphatic carbocycles. The second kappa shape index (κ2) is 4.29. The van der Waals surface area contributed by atoms with Crippen molar-refractivity contribution in [1.29, 1.82) is 0 Å². The lowest BCUT2D eigenvalue weighted by atomic mass is 10.2. The van der Waals surface area contributed by atoms with Crippen molar-refractivity contribution in [3.63, 3.8) is 0 Å². The number of carbonyl (C=O) groups is 1. The Labute approximate surface area is 87.7 Å². The van der Waals surface area contributed by atoms with Gasteiger partial charge in [-0.15, -0.1) is 0 Å². The van der Waals surface area contributed by atoms with Crippen LogP contribution in [0.3, 0.4) is 0 Å². The van der Waals surface area contributed by atoms with Crippen molar-refractivity contribution in [2.24, 2.45) is 0 Å². The summed E-state index contributed by atoms with van der Waals surface area (Å²) in [6.45, 7) is 0. The highest BCUT2D eigenvalue weighted by Gasteiger charge is 2.18. The first-order chi connectivity index (χ1) is 7.27. The number of aromatic amines is 1. The van der Waals surface area contributed by atoms with Crippen LogP contribution in [-0.2, 0) is 0 Å². The standard InChI is InChI=1S/C11H14N2O2/c14-10-5-6-12-7-9(10)11(15)13-8-3-1-2-4-8/h5-8H,1-4H2,(H,12,14)(H,13,15). The first kappa shape index (κ1) is 9.96. The van der Waals surface area contributed by atoms with Gasteiger partial charge in [-0.05, 0) is 12.8 Å². The molecule has 0 bridgehead atoms. The first-order valence-corrected chi connectivity index (χ1v) is 5.25. The molecule has 0 atom stereocenters. The van der Waals surface area contributed by atoms with E-state index in [1.807, 2.05) is 0 Å². The third-order valence-electron chi connectivity index (χ3n) is 2.76. The fourth-order valence-electron chi connectivity index (χ4n) is 1.93. The van der Waals surface area contributed by atoms with Crippen LogP contribution in [0.25, 0.3) is 0 Å². The smallest absolute Gasteiger partial charge is 0.256 e. The Balaban J connectivity index is 2.07. The van der Waals surface area contributed by atoms with E-state index in [0.29, 0.717) is 0 Å². The highest BCUT2D eigenvalue weighted by Crippen LogP contribution is 2.17. The van der Waals surface area contributed by atoms with E-state index < -0.39 is 0 Å². The van der Waals surface area contributed by atoms with Crippen molar-refractivity contribution >= 4 is 5.91 Å². The van der Waals surface area contributed by atoms with E-state index in [4.69, 9.17) is 0 Å². The Morgan fingerprint density at radius 2 is 2.13 bits per heavy atom. The molecule has 80 valence electrons. The number of aromatic nitrogens is 1. The average molecular weight is 206 g/mol. The maximum Gasteiger partial charge on any atom is 0.256 e. The van der Waals surface area contributed by atoms with Crippen LogP contribution < -0.4 is 10.7 Å². The molecule has 1 heterocycles. The summed E-state index contributed by atoms with van der Waals surface area (Å²) in [6, 6.07) is 1.61. The predicted molar refractivity (Wildman–Crippen MR) is 56.8 cm³/mol. The maximum absolute atomic E-state index is 11.7. The summed E-state index contributed by atoms with van der Waals surface area (Å²) in [5.41, 5.74) is -0.0337. The number of amides is 1. The average Bonchev–Trinajstić information content (AvgIpc) is 2.71. The topological polar surface area (TPSA) is 62.0 Å². The van der Waals surface area contributed by atoms with Crippen molar-refractivity contribution in [2.45, 2.75) is 31.7 Å². The summed E-state index contributed by atoms with van der Waals surface area (Å²) < 4.78 is 0. The van der Waals surface area contributed by atoms with Gasteiger partial charge in [-0.2, -0.15) is 0 Å². The van der Waals surface area contributed by atoms with E-state index in [1.54, 1.807) is 0 Å². The van der Waals surface area contributed by atoms with Gasteiger partial charge in [0.2, 0.25) is 0 Å². The van der Waals surface area contributed by atoms with Crippen molar-refractivity contribution in [1.82, 2.24) is 10.3 Å². The van der Waals surface area contributed by atoms with Gasteiger partial charge in [0, 0.05) is 24.5 Å². The lowest BCUT2D eigenvalue weighted by Crippen LogP contribution is -2.35. The Morgan fingerprint density at radius 3 is 2.80 bits per heavy atom. The minimum atomic E-state index is -0.260. The number of carbonyl (C=O) groups excluding carboxylic acids is 1. The van der Waals surface area contributed by atoms with Crippen molar-refractivity contribution in [3.8, 4) is 0 Å². The second-order valence-corrected chi connectivity index (χ2v) is 3.88. The molecule has 0 aliphatic heterocycles. The van der Waals surface area contributed by atoms with Gasteiger partial charge in [0.15, 0.2) is 5.43 Å². The summed E-state index contributed by atoms with van der Waals surface area (Å²) in [7, 11) is 0. The van der Waals surface area contributed by atoms with Crippen LogP contribution in [-0.4, -0.2) is 16.9 Å². The van der Waals surface area contributed by atoms with Gasteiger partial charge in [0.25, 0.3) is 5.91 Å². The zero-order chi connectivity index (χ0) is 10.7. The van der Waals surface area contributed by atoms with Crippen LogP contribution in [0, 0.1) is 0 Å². The first-order valence-electron chi connectivity index (χ1n) is 5.25. The van der Waals surface area contributed by atoms with E-state index in [-0.39, 0.29) is 22.9 Å². The van der Waals surface area contributed by atoms with Gasteiger partial charge < -0.3 is 10.3 Å². The van der Waals surface area contributed by atoms with Gasteiger partial charge in [0.05, 0.1) is 0 Å². The molecule has 15 heavy (non-hydrogen) atoms. The van der Waals surface area contributed by atoms with Crippen molar-refractivity contribution in [2.75, 3.05) is 0 Å². The Bertz CT molecular complexity index is 405. The molecule has 2 rings (SSSR count). The molecule has 0 spiro atoms. The normalized spacial score (nSPS) is 16.5. The number of nitrogens with one attached hydrogen (secondary N) is 2. The Kier molecular flexibility index (Phi) is 2.85. The fourth-order valence-corrected chi connectivity index (χ4v) is 1.93. The summed E-state index contributed by atoms with van der Waals surface area (Å²) >= 11 is 0. The van der Waals surface area contributed by atoms with Gasteiger partial charge in [-0.1, -0.05) is 12.8 Å². The lowest BCUT2D eigenvalue weighted by Gasteiger charge is -2.10. The van der Waals surface area contributed by atoms with Crippen LogP contribution in [0.5, 0.6) is 0 Å². The zero-order valence-corrected chi connectivity index (χ0v) is 8.45. The van der Waals surface area contributed by atoms with E-state index in [1.165, 1.54) is 18.5 Å². The van der Waals surface area contributed by atoms with Gasteiger partial charge in [0.1, 0.15) is 5.56 Å². The molecule has 1 amide bonds. The molecule has 0 saturated heterocycles. The summed E-state index contributed by atoms with van der Waals surface area (Å²) in [6.07, 6.45) is 7.35. The van der Waals surface area contributed by atoms with Gasteiger partial charge >= 0.3 is 0 Å². The van der Waals surface area contributed by atoms with E-state index in [9.17, 15) is 9.59 Å². The summed E-state index contributed by atoms with van der Waals surface area (Å²) in [4.78, 5) is 25.8. The lowest BCUT2D eigenvalue weighted by molar-refractivity contribution is 0.0936. The zero-order valence-electron chi connectivity index (χ0n) is 8.45. The molecule has 1 aromatic rings. The third-order valence-corrected chi connectivity index (χ3v) is 2.76. The van der Waals surface area contributed by atoms with Crippen LogP contribution in [0.2, 0.25) is 0 Å². The number of pyridine rings is 1. The molecule has 4 heteroatoms. The molecule has 1 fully saturated rings. The van der Waals surface area contributed by atoms with Crippen LogP contribution >= 0.6 is 0 Å². The van der Waals surface area contributed by atoms with E-state index >= 15 is 0 Å². The number of H-pyrrole nitrogens is 1. The molecule has 0 unspecified atom stereocenters. The van der Waals surface area contributed by atoms with Crippen LogP contribution in [0.15, 0.2) is 23.3 Å². The summed E-state index contributed by atoms with van der Waals surface area (Å²) in [5.74, 6) is -0.260. The molecule has 1 saturated carbocycles. The quantitative estimate of drug-likeness (QED) is 0.759. The van der Waals surface area contributed by atoms with Gasteiger partial charge in [-0.3, -0.25) is 9.59 Å². The maximum atomic E-state index is 11.7. The number of hydrogen-bond donors (Lipinski definition) is 2. The predicted octanol–water partition coefficient (Wildman–Crippen LogP) is 1.05. The molecule has 4 nitrogen and oxygen atoms in total. The highest BCUT2D eigenvalue weighted by atomic mass is 16.2. The van der Waals surface area contributed by atoms with E-state index in [0.717, 1.165) is 25.7 Å². The molecule has 0 aromatic carbocycles. The van der Waals surface area contributed by atoms with Crippen molar-refractivity contribution in [3.05, 3.63) is 34.2 Å². The molecule has 1 aliphatic rings. The molecule has 0 radical (unpaired) electrons. The van der Waals surface area contributed by atoms with Crippen molar-refractivity contribution < 1.29 is 4.79 Å². The Morgan fingerprint density at radius 1 is 1.40 bits per heavy atom. The SMILES string of the molecule is O=C(NC1CCCC1)c1c[nH]ccc1=O. The molecular formula is C11H14N2O2. The Hall–Kier alpha value is -1.58.